The zero-order valence-corrected chi connectivity index (χ0v) is 14.7. The molecule has 2 aromatic rings. The van der Waals surface area contributed by atoms with E-state index in [1.165, 1.54) is 11.3 Å². The van der Waals surface area contributed by atoms with Gasteiger partial charge in [-0.15, -0.1) is 11.3 Å². The number of ether oxygens (including phenoxy) is 1. The van der Waals surface area contributed by atoms with E-state index in [-0.39, 0.29) is 24.0 Å². The third-order valence-electron chi connectivity index (χ3n) is 5.01. The Balaban J connectivity index is 1.45. The summed E-state index contributed by atoms with van der Waals surface area (Å²) < 4.78 is 5.96. The van der Waals surface area contributed by atoms with Gasteiger partial charge in [0.05, 0.1) is 17.0 Å². The summed E-state index contributed by atoms with van der Waals surface area (Å²) in [5, 5.41) is 1.92. The summed E-state index contributed by atoms with van der Waals surface area (Å²) in [5.41, 5.74) is 0.558. The number of likely N-dealkylation sites (tertiary alicyclic amines) is 1. The highest BCUT2D eigenvalue weighted by Crippen LogP contribution is 2.33. The summed E-state index contributed by atoms with van der Waals surface area (Å²) >= 11 is 1.47. The lowest BCUT2D eigenvalue weighted by atomic mass is 9.89. The summed E-state index contributed by atoms with van der Waals surface area (Å²) in [6, 6.07) is 13.5. The highest BCUT2D eigenvalue weighted by Gasteiger charge is 2.43. The first-order valence-corrected chi connectivity index (χ1v) is 9.37. The van der Waals surface area contributed by atoms with Gasteiger partial charge in [-0.3, -0.25) is 9.59 Å². The molecule has 2 amide bonds. The van der Waals surface area contributed by atoms with Gasteiger partial charge in [0.1, 0.15) is 6.61 Å². The van der Waals surface area contributed by atoms with Crippen LogP contribution in [0.15, 0.2) is 47.8 Å². The fourth-order valence-corrected chi connectivity index (χ4v) is 4.22. The van der Waals surface area contributed by atoms with Gasteiger partial charge in [0.2, 0.25) is 0 Å². The second kappa shape index (κ2) is 6.61. The maximum Gasteiger partial charge on any atom is 0.263 e. The summed E-state index contributed by atoms with van der Waals surface area (Å²) in [7, 11) is 0. The monoisotopic (exact) mass is 356 g/mol. The van der Waals surface area contributed by atoms with Crippen LogP contribution in [-0.2, 0) is 9.53 Å². The summed E-state index contributed by atoms with van der Waals surface area (Å²) in [4.78, 5) is 29.3. The van der Waals surface area contributed by atoms with E-state index in [1.54, 1.807) is 0 Å². The van der Waals surface area contributed by atoms with Crippen molar-refractivity contribution in [1.82, 2.24) is 4.90 Å². The van der Waals surface area contributed by atoms with E-state index in [9.17, 15) is 9.59 Å². The Morgan fingerprint density at radius 1 is 1.08 bits per heavy atom. The molecular weight excluding hydrogens is 336 g/mol. The van der Waals surface area contributed by atoms with Crippen molar-refractivity contribution in [3.05, 3.63) is 52.7 Å². The molecule has 0 aliphatic carbocycles. The van der Waals surface area contributed by atoms with Crippen LogP contribution in [0.3, 0.4) is 0 Å². The molecule has 3 heterocycles. The Labute approximate surface area is 150 Å². The van der Waals surface area contributed by atoms with Gasteiger partial charge in [-0.2, -0.15) is 0 Å². The van der Waals surface area contributed by atoms with Crippen molar-refractivity contribution in [3.63, 3.8) is 0 Å². The van der Waals surface area contributed by atoms with Crippen LogP contribution in [0.4, 0.5) is 5.69 Å². The number of amides is 2. The molecule has 2 aliphatic rings. The molecule has 25 heavy (non-hydrogen) atoms. The van der Waals surface area contributed by atoms with E-state index in [4.69, 9.17) is 4.74 Å². The average molecular weight is 356 g/mol. The standard InChI is InChI=1S/C19H20N2O3S/c22-17-13-24-19(14-21(17)15-5-2-1-3-6-15)8-10-20(11-9-19)18(23)16-7-4-12-25-16/h1-7,12H,8-11,13-14H2. The largest absolute Gasteiger partial charge is 0.363 e. The third-order valence-corrected chi connectivity index (χ3v) is 5.87. The number of para-hydroxylation sites is 1. The maximum atomic E-state index is 12.5. The second-order valence-electron chi connectivity index (χ2n) is 6.56. The highest BCUT2D eigenvalue weighted by molar-refractivity contribution is 7.12. The number of hydrogen-bond donors (Lipinski definition) is 0. The minimum atomic E-state index is -0.351. The average Bonchev–Trinajstić information content (AvgIpc) is 3.20. The number of hydrogen-bond acceptors (Lipinski definition) is 4. The topological polar surface area (TPSA) is 49.9 Å². The van der Waals surface area contributed by atoms with Crippen molar-refractivity contribution in [2.45, 2.75) is 18.4 Å². The van der Waals surface area contributed by atoms with Crippen LogP contribution in [0.25, 0.3) is 0 Å². The molecule has 2 fully saturated rings. The number of piperidine rings is 1. The van der Waals surface area contributed by atoms with Crippen LogP contribution >= 0.6 is 11.3 Å². The smallest absolute Gasteiger partial charge is 0.263 e. The molecule has 5 nitrogen and oxygen atoms in total. The summed E-state index contributed by atoms with van der Waals surface area (Å²) in [6.07, 6.45) is 1.50. The lowest BCUT2D eigenvalue weighted by molar-refractivity contribution is -0.143. The number of benzene rings is 1. The number of anilines is 1. The molecule has 0 atom stereocenters. The molecule has 6 heteroatoms. The molecule has 1 spiro atoms. The number of carbonyl (C=O) groups is 2. The van der Waals surface area contributed by atoms with Gasteiger partial charge in [-0.05, 0) is 36.4 Å². The van der Waals surface area contributed by atoms with E-state index in [0.29, 0.717) is 19.6 Å². The quantitative estimate of drug-likeness (QED) is 0.831. The van der Waals surface area contributed by atoms with Crippen molar-refractivity contribution < 1.29 is 14.3 Å². The van der Waals surface area contributed by atoms with Gasteiger partial charge in [0.15, 0.2) is 0 Å². The first-order chi connectivity index (χ1) is 12.2. The van der Waals surface area contributed by atoms with Gasteiger partial charge in [0.25, 0.3) is 11.8 Å². The number of thiophene rings is 1. The Hall–Kier alpha value is -2.18. The van der Waals surface area contributed by atoms with Gasteiger partial charge in [-0.25, -0.2) is 0 Å². The molecule has 0 bridgehead atoms. The van der Waals surface area contributed by atoms with Gasteiger partial charge < -0.3 is 14.5 Å². The maximum absolute atomic E-state index is 12.5. The van der Waals surface area contributed by atoms with Crippen molar-refractivity contribution in [2.24, 2.45) is 0 Å². The minimum Gasteiger partial charge on any atom is -0.363 e. The van der Waals surface area contributed by atoms with Crippen LogP contribution in [-0.4, -0.2) is 48.6 Å². The van der Waals surface area contributed by atoms with Gasteiger partial charge in [0, 0.05) is 18.8 Å². The van der Waals surface area contributed by atoms with E-state index < -0.39 is 0 Å². The lowest BCUT2D eigenvalue weighted by Gasteiger charge is -2.46. The second-order valence-corrected chi connectivity index (χ2v) is 7.50. The van der Waals surface area contributed by atoms with E-state index >= 15 is 0 Å². The molecule has 130 valence electrons. The molecule has 2 saturated heterocycles. The molecule has 4 rings (SSSR count). The number of rotatable bonds is 2. The molecule has 1 aromatic heterocycles. The SMILES string of the molecule is O=C(c1cccs1)N1CCC2(CC1)CN(c1ccccc1)C(=O)CO2. The van der Waals surface area contributed by atoms with Crippen LogP contribution in [0.1, 0.15) is 22.5 Å². The minimum absolute atomic E-state index is 0.00563. The summed E-state index contributed by atoms with van der Waals surface area (Å²) in [5.74, 6) is 0.0885. The molecular formula is C19H20N2O3S. The first-order valence-electron chi connectivity index (χ1n) is 8.49. The Bertz CT molecular complexity index is 752. The van der Waals surface area contributed by atoms with Crippen molar-refractivity contribution in [3.8, 4) is 0 Å². The van der Waals surface area contributed by atoms with Crippen molar-refractivity contribution in [1.29, 1.82) is 0 Å². The van der Waals surface area contributed by atoms with Crippen LogP contribution in [0, 0.1) is 0 Å². The molecule has 0 saturated carbocycles. The van der Waals surface area contributed by atoms with E-state index in [0.717, 1.165) is 23.4 Å². The fourth-order valence-electron chi connectivity index (χ4n) is 3.53. The predicted octanol–water partition coefficient (Wildman–Crippen LogP) is 2.79. The van der Waals surface area contributed by atoms with Gasteiger partial charge in [-0.1, -0.05) is 24.3 Å². The molecule has 1 aromatic carbocycles. The zero-order chi connectivity index (χ0) is 17.3. The molecule has 0 N–H and O–H groups in total. The predicted molar refractivity (Wildman–Crippen MR) is 96.9 cm³/mol. The Morgan fingerprint density at radius 2 is 1.84 bits per heavy atom. The molecule has 2 aliphatic heterocycles. The fraction of sp³-hybridized carbons (Fsp3) is 0.368. The highest BCUT2D eigenvalue weighted by atomic mass is 32.1. The first kappa shape index (κ1) is 16.3. The van der Waals surface area contributed by atoms with E-state index in [1.807, 2.05) is 57.6 Å². The Morgan fingerprint density at radius 3 is 2.52 bits per heavy atom. The number of carbonyl (C=O) groups excluding carboxylic acids is 2. The Kier molecular flexibility index (Phi) is 4.31. The van der Waals surface area contributed by atoms with Crippen LogP contribution in [0.5, 0.6) is 0 Å². The number of morpholine rings is 1. The number of nitrogens with zero attached hydrogens (tertiary/aromatic N) is 2. The van der Waals surface area contributed by atoms with E-state index in [2.05, 4.69) is 0 Å². The van der Waals surface area contributed by atoms with Crippen molar-refractivity contribution >= 4 is 28.8 Å². The summed E-state index contributed by atoms with van der Waals surface area (Å²) in [6.45, 7) is 1.98. The molecule has 0 unspecified atom stereocenters. The zero-order valence-electron chi connectivity index (χ0n) is 13.9. The third kappa shape index (κ3) is 3.19. The normalized spacial score (nSPS) is 20.1. The van der Waals surface area contributed by atoms with Crippen LogP contribution in [0.2, 0.25) is 0 Å². The molecule has 0 radical (unpaired) electrons. The van der Waals surface area contributed by atoms with Gasteiger partial charge >= 0.3 is 0 Å². The lowest BCUT2D eigenvalue weighted by Crippen LogP contribution is -2.59. The van der Waals surface area contributed by atoms with Crippen molar-refractivity contribution in [2.75, 3.05) is 31.1 Å². The van der Waals surface area contributed by atoms with Crippen LogP contribution < -0.4 is 4.90 Å².